The maximum Gasteiger partial charge on any atom is 0.219 e. The molecule has 0 N–H and O–H groups in total. The van der Waals surface area contributed by atoms with Crippen LogP contribution in [0.1, 0.15) is 13.3 Å². The Labute approximate surface area is 104 Å². The topological polar surface area (TPSA) is 29.5 Å². The fraction of sp³-hybridized carbons (Fsp3) is 0.417. The monoisotopic (exact) mass is 283 g/mol. The van der Waals surface area contributed by atoms with E-state index >= 15 is 0 Å². The summed E-state index contributed by atoms with van der Waals surface area (Å²) in [6.07, 6.45) is 1.03. The van der Waals surface area contributed by atoms with Gasteiger partial charge in [-0.25, -0.2) is 0 Å². The molecule has 2 rings (SSSR count). The van der Waals surface area contributed by atoms with Crippen LogP contribution in [0.5, 0.6) is 5.75 Å². The van der Waals surface area contributed by atoms with Crippen molar-refractivity contribution in [2.45, 2.75) is 19.4 Å². The van der Waals surface area contributed by atoms with Crippen molar-refractivity contribution in [3.8, 4) is 5.75 Å². The van der Waals surface area contributed by atoms with E-state index in [2.05, 4.69) is 15.9 Å². The highest BCUT2D eigenvalue weighted by Gasteiger charge is 2.25. The fourth-order valence-electron chi connectivity index (χ4n) is 1.84. The van der Waals surface area contributed by atoms with Gasteiger partial charge in [-0.05, 0) is 18.2 Å². The number of nitrogens with zero attached hydrogens (tertiary/aromatic N) is 1. The average molecular weight is 284 g/mol. The van der Waals surface area contributed by atoms with Gasteiger partial charge in [0.25, 0.3) is 0 Å². The van der Waals surface area contributed by atoms with Crippen molar-refractivity contribution < 1.29 is 9.53 Å². The molecule has 0 saturated carbocycles. The van der Waals surface area contributed by atoms with Gasteiger partial charge in [0.05, 0.1) is 6.54 Å². The Morgan fingerprint density at radius 1 is 1.56 bits per heavy atom. The Morgan fingerprint density at radius 3 is 3.00 bits per heavy atom. The van der Waals surface area contributed by atoms with Crippen molar-refractivity contribution in [3.05, 3.63) is 28.7 Å². The fourth-order valence-corrected chi connectivity index (χ4v) is 2.22. The molecule has 0 aliphatic carbocycles. The molecule has 1 amide bonds. The van der Waals surface area contributed by atoms with Gasteiger partial charge in [0.2, 0.25) is 5.91 Å². The van der Waals surface area contributed by atoms with Gasteiger partial charge in [-0.3, -0.25) is 4.79 Å². The van der Waals surface area contributed by atoms with Gasteiger partial charge in [-0.15, -0.1) is 0 Å². The van der Waals surface area contributed by atoms with E-state index in [1.807, 2.05) is 29.2 Å². The number of likely N-dealkylation sites (tertiary alicyclic amines) is 1. The predicted molar refractivity (Wildman–Crippen MR) is 65.4 cm³/mol. The summed E-state index contributed by atoms with van der Waals surface area (Å²) in [6.45, 7) is 3.09. The Morgan fingerprint density at radius 2 is 2.38 bits per heavy atom. The summed E-state index contributed by atoms with van der Waals surface area (Å²) < 4.78 is 6.82. The number of carbonyl (C=O) groups excluding carboxylic acids is 1. The van der Waals surface area contributed by atoms with Crippen molar-refractivity contribution >= 4 is 21.8 Å². The Hall–Kier alpha value is -1.03. The molecule has 1 heterocycles. The van der Waals surface area contributed by atoms with E-state index in [-0.39, 0.29) is 12.0 Å². The third-order valence-electron chi connectivity index (χ3n) is 2.69. The first-order valence-electron chi connectivity index (χ1n) is 5.33. The van der Waals surface area contributed by atoms with Crippen molar-refractivity contribution in [2.24, 2.45) is 0 Å². The maximum atomic E-state index is 11.2. The zero-order valence-electron chi connectivity index (χ0n) is 9.15. The molecule has 4 heteroatoms. The number of ether oxygens (including phenoxy) is 1. The second kappa shape index (κ2) is 4.87. The molecule has 1 unspecified atom stereocenters. The molecule has 1 atom stereocenters. The van der Waals surface area contributed by atoms with Crippen LogP contribution >= 0.6 is 15.9 Å². The van der Waals surface area contributed by atoms with Crippen LogP contribution in [0, 0.1) is 0 Å². The van der Waals surface area contributed by atoms with E-state index in [1.165, 1.54) is 0 Å². The second-order valence-electron chi connectivity index (χ2n) is 3.95. The lowest BCUT2D eigenvalue weighted by atomic mass is 10.3. The normalized spacial score (nSPS) is 19.9. The molecule has 1 fully saturated rings. The van der Waals surface area contributed by atoms with Gasteiger partial charge in [0.1, 0.15) is 11.9 Å². The smallest absolute Gasteiger partial charge is 0.219 e. The van der Waals surface area contributed by atoms with Crippen LogP contribution in [0.25, 0.3) is 0 Å². The number of hydrogen-bond acceptors (Lipinski definition) is 2. The van der Waals surface area contributed by atoms with Gasteiger partial charge in [-0.1, -0.05) is 22.0 Å². The van der Waals surface area contributed by atoms with Gasteiger partial charge < -0.3 is 9.64 Å². The lowest BCUT2D eigenvalue weighted by Gasteiger charge is -2.15. The first-order chi connectivity index (χ1) is 7.65. The van der Waals surface area contributed by atoms with Crippen molar-refractivity contribution in [3.63, 3.8) is 0 Å². The zero-order chi connectivity index (χ0) is 11.5. The van der Waals surface area contributed by atoms with E-state index in [9.17, 15) is 4.79 Å². The maximum absolute atomic E-state index is 11.2. The Kier molecular flexibility index (Phi) is 3.49. The SMILES string of the molecule is CC(=O)N1CCC(Oc2cccc(Br)c2)C1. The molecule has 3 nitrogen and oxygen atoms in total. The number of carbonyl (C=O) groups is 1. The highest BCUT2D eigenvalue weighted by Crippen LogP contribution is 2.21. The Bertz CT molecular complexity index is 394. The third-order valence-corrected chi connectivity index (χ3v) is 3.18. The molecule has 1 aromatic rings. The van der Waals surface area contributed by atoms with Crippen LogP contribution in [0.15, 0.2) is 28.7 Å². The molecular weight excluding hydrogens is 270 g/mol. The summed E-state index contributed by atoms with van der Waals surface area (Å²) in [5.41, 5.74) is 0. The molecule has 0 aromatic heterocycles. The molecule has 0 radical (unpaired) electrons. The van der Waals surface area contributed by atoms with Crippen molar-refractivity contribution in [1.29, 1.82) is 0 Å². The summed E-state index contributed by atoms with van der Waals surface area (Å²) >= 11 is 3.40. The highest BCUT2D eigenvalue weighted by molar-refractivity contribution is 9.10. The number of benzene rings is 1. The molecule has 1 saturated heterocycles. The molecule has 1 aliphatic rings. The minimum Gasteiger partial charge on any atom is -0.488 e. The third kappa shape index (κ3) is 2.76. The van der Waals surface area contributed by atoms with Crippen molar-refractivity contribution in [1.82, 2.24) is 4.90 Å². The summed E-state index contributed by atoms with van der Waals surface area (Å²) in [6, 6.07) is 7.78. The average Bonchev–Trinajstić information content (AvgIpc) is 2.66. The van der Waals surface area contributed by atoms with Gasteiger partial charge >= 0.3 is 0 Å². The molecule has 86 valence electrons. The van der Waals surface area contributed by atoms with E-state index in [0.29, 0.717) is 6.54 Å². The highest BCUT2D eigenvalue weighted by atomic mass is 79.9. The summed E-state index contributed by atoms with van der Waals surface area (Å²) in [5, 5.41) is 0. The number of halogens is 1. The molecule has 16 heavy (non-hydrogen) atoms. The Balaban J connectivity index is 1.94. The first kappa shape index (κ1) is 11.5. The molecule has 0 bridgehead atoms. The van der Waals surface area contributed by atoms with Crippen LogP contribution < -0.4 is 4.74 Å². The van der Waals surface area contributed by atoms with Gasteiger partial charge in [-0.2, -0.15) is 0 Å². The number of hydrogen-bond donors (Lipinski definition) is 0. The van der Waals surface area contributed by atoms with Crippen molar-refractivity contribution in [2.75, 3.05) is 13.1 Å². The van der Waals surface area contributed by atoms with Crippen LogP contribution in [-0.4, -0.2) is 30.0 Å². The second-order valence-corrected chi connectivity index (χ2v) is 4.87. The van der Waals surface area contributed by atoms with Crippen LogP contribution in [-0.2, 0) is 4.79 Å². The minimum atomic E-state index is 0.123. The summed E-state index contributed by atoms with van der Waals surface area (Å²) in [7, 11) is 0. The number of rotatable bonds is 2. The standard InChI is InChI=1S/C12H14BrNO2/c1-9(15)14-6-5-12(8-14)16-11-4-2-3-10(13)7-11/h2-4,7,12H,5-6,8H2,1H3. The van der Waals surface area contributed by atoms with Crippen LogP contribution in [0.4, 0.5) is 0 Å². The number of amides is 1. The zero-order valence-corrected chi connectivity index (χ0v) is 10.7. The lowest BCUT2D eigenvalue weighted by molar-refractivity contribution is -0.128. The molecule has 1 aromatic carbocycles. The van der Waals surface area contributed by atoms with E-state index in [1.54, 1.807) is 6.92 Å². The summed E-state index contributed by atoms with van der Waals surface area (Å²) in [5.74, 6) is 0.977. The van der Waals surface area contributed by atoms with E-state index in [0.717, 1.165) is 23.2 Å². The largest absolute Gasteiger partial charge is 0.488 e. The van der Waals surface area contributed by atoms with E-state index in [4.69, 9.17) is 4.74 Å². The molecule has 1 aliphatic heterocycles. The predicted octanol–water partition coefficient (Wildman–Crippen LogP) is 2.45. The lowest BCUT2D eigenvalue weighted by Crippen LogP contribution is -2.28. The van der Waals surface area contributed by atoms with Gasteiger partial charge in [0.15, 0.2) is 0 Å². The quantitative estimate of drug-likeness (QED) is 0.835. The molecular formula is C12H14BrNO2. The first-order valence-corrected chi connectivity index (χ1v) is 6.12. The molecule has 0 spiro atoms. The van der Waals surface area contributed by atoms with E-state index < -0.39 is 0 Å². The van der Waals surface area contributed by atoms with Gasteiger partial charge in [0, 0.05) is 24.4 Å². The van der Waals surface area contributed by atoms with Crippen LogP contribution in [0.2, 0.25) is 0 Å². The van der Waals surface area contributed by atoms with Crippen LogP contribution in [0.3, 0.4) is 0 Å². The summed E-state index contributed by atoms with van der Waals surface area (Å²) in [4.78, 5) is 13.0. The minimum absolute atomic E-state index is 0.123.